The number of halogens is 2. The van der Waals surface area contributed by atoms with Crippen molar-refractivity contribution in [3.63, 3.8) is 0 Å². The molecule has 1 heterocycles. The lowest BCUT2D eigenvalue weighted by Gasteiger charge is -2.13. The van der Waals surface area contributed by atoms with Gasteiger partial charge in [0.2, 0.25) is 5.95 Å². The Balaban J connectivity index is 2.32. The number of imidazole rings is 1. The summed E-state index contributed by atoms with van der Waals surface area (Å²) in [6, 6.07) is 3.25. The highest BCUT2D eigenvalue weighted by Crippen LogP contribution is 2.27. The van der Waals surface area contributed by atoms with E-state index < -0.39 is 0 Å². The molecule has 3 nitrogen and oxygen atoms in total. The number of hydrogen-bond acceptors (Lipinski definition) is 2. The van der Waals surface area contributed by atoms with Crippen LogP contribution < -0.4 is 5.32 Å². The molecule has 0 saturated heterocycles. The Morgan fingerprint density at radius 1 is 1.35 bits per heavy atom. The van der Waals surface area contributed by atoms with Gasteiger partial charge in [0.25, 0.3) is 0 Å². The molecule has 0 aliphatic heterocycles. The minimum Gasteiger partial charge on any atom is -0.325 e. The summed E-state index contributed by atoms with van der Waals surface area (Å²) in [5.74, 6) is 1.07. The fraction of sp³-hybridized carbons (Fsp3) is 0.400. The van der Waals surface area contributed by atoms with E-state index in [1.165, 1.54) is 6.07 Å². The summed E-state index contributed by atoms with van der Waals surface area (Å²) in [6.45, 7) is 9.07. The van der Waals surface area contributed by atoms with Crippen molar-refractivity contribution in [2.24, 2.45) is 5.92 Å². The predicted octanol–water partition coefficient (Wildman–Crippen LogP) is 4.80. The lowest BCUT2D eigenvalue weighted by molar-refractivity contribution is 0.527. The van der Waals surface area contributed by atoms with E-state index in [4.69, 9.17) is 0 Å². The zero-order valence-electron chi connectivity index (χ0n) is 12.2. The van der Waals surface area contributed by atoms with E-state index in [9.17, 15) is 4.39 Å². The first kappa shape index (κ1) is 15.0. The molecule has 0 spiro atoms. The van der Waals surface area contributed by atoms with Crippen LogP contribution in [0.3, 0.4) is 0 Å². The van der Waals surface area contributed by atoms with Crippen LogP contribution in [0.15, 0.2) is 22.8 Å². The highest BCUT2D eigenvalue weighted by atomic mass is 79.9. The number of nitrogens with zero attached hydrogens (tertiary/aromatic N) is 2. The van der Waals surface area contributed by atoms with Crippen LogP contribution in [0.1, 0.15) is 25.1 Å². The smallest absolute Gasteiger partial charge is 0.207 e. The lowest BCUT2D eigenvalue weighted by Crippen LogP contribution is -2.08. The van der Waals surface area contributed by atoms with Crippen LogP contribution in [-0.2, 0) is 6.54 Å². The van der Waals surface area contributed by atoms with Gasteiger partial charge in [-0.05, 0) is 53.4 Å². The summed E-state index contributed by atoms with van der Waals surface area (Å²) in [6.07, 6.45) is 2.02. The van der Waals surface area contributed by atoms with E-state index in [1.807, 2.05) is 20.0 Å². The van der Waals surface area contributed by atoms with Crippen molar-refractivity contribution >= 4 is 27.6 Å². The number of anilines is 2. The molecule has 0 atom stereocenters. The van der Waals surface area contributed by atoms with Gasteiger partial charge in [0.05, 0.1) is 10.2 Å². The number of aromatic nitrogens is 2. The minimum atomic E-state index is -0.255. The molecule has 2 rings (SSSR count). The summed E-state index contributed by atoms with van der Waals surface area (Å²) in [7, 11) is 0. The van der Waals surface area contributed by atoms with E-state index in [0.717, 1.165) is 29.4 Å². The minimum absolute atomic E-state index is 0.255. The second-order valence-corrected chi connectivity index (χ2v) is 6.31. The molecule has 0 unspecified atom stereocenters. The highest BCUT2D eigenvalue weighted by molar-refractivity contribution is 9.10. The number of rotatable bonds is 4. The van der Waals surface area contributed by atoms with Crippen molar-refractivity contribution in [2.45, 2.75) is 34.2 Å². The number of nitrogens with one attached hydrogen (secondary N) is 1. The molecule has 5 heteroatoms. The molecule has 0 bridgehead atoms. The normalized spacial score (nSPS) is 11.2. The molecular formula is C15H19BrFN3. The third-order valence-corrected chi connectivity index (χ3v) is 3.58. The lowest BCUT2D eigenvalue weighted by atomic mass is 10.2. The fourth-order valence-electron chi connectivity index (χ4n) is 2.08. The summed E-state index contributed by atoms with van der Waals surface area (Å²) in [4.78, 5) is 4.49. The molecule has 1 aromatic heterocycles. The van der Waals surface area contributed by atoms with Crippen molar-refractivity contribution in [3.8, 4) is 0 Å². The Labute approximate surface area is 127 Å². The van der Waals surface area contributed by atoms with Gasteiger partial charge < -0.3 is 9.88 Å². The van der Waals surface area contributed by atoms with Gasteiger partial charge in [-0.15, -0.1) is 0 Å². The largest absolute Gasteiger partial charge is 0.325 e. The molecule has 108 valence electrons. The Morgan fingerprint density at radius 2 is 2.05 bits per heavy atom. The van der Waals surface area contributed by atoms with E-state index in [0.29, 0.717) is 10.4 Å². The molecule has 2 aromatic rings. The van der Waals surface area contributed by atoms with Gasteiger partial charge >= 0.3 is 0 Å². The molecule has 20 heavy (non-hydrogen) atoms. The maximum Gasteiger partial charge on any atom is 0.207 e. The summed E-state index contributed by atoms with van der Waals surface area (Å²) in [5, 5.41) is 3.29. The molecule has 0 aliphatic rings. The number of hydrogen-bond donors (Lipinski definition) is 1. The zero-order valence-corrected chi connectivity index (χ0v) is 13.8. The Bertz CT molecular complexity index is 620. The molecule has 1 N–H and O–H groups in total. The Hall–Kier alpha value is -1.36. The zero-order chi connectivity index (χ0) is 14.9. The van der Waals surface area contributed by atoms with Crippen LogP contribution in [0.25, 0.3) is 0 Å². The summed E-state index contributed by atoms with van der Waals surface area (Å²) in [5.41, 5.74) is 2.67. The van der Waals surface area contributed by atoms with Gasteiger partial charge in [-0.3, -0.25) is 0 Å². The third-order valence-electron chi connectivity index (χ3n) is 2.97. The summed E-state index contributed by atoms with van der Waals surface area (Å²) >= 11 is 3.22. The van der Waals surface area contributed by atoms with Crippen LogP contribution in [0.5, 0.6) is 0 Å². The van der Waals surface area contributed by atoms with Crippen LogP contribution in [0.2, 0.25) is 0 Å². The van der Waals surface area contributed by atoms with E-state index >= 15 is 0 Å². The van der Waals surface area contributed by atoms with E-state index in [-0.39, 0.29) is 5.82 Å². The topological polar surface area (TPSA) is 29.9 Å². The van der Waals surface area contributed by atoms with Gasteiger partial charge in [-0.2, -0.15) is 0 Å². The molecule has 1 aromatic carbocycles. The SMILES string of the molecule is Cc1cn(CC(C)C)c(Nc2cc(Br)c(F)cc2C)n1. The maximum absolute atomic E-state index is 13.5. The van der Waals surface area contributed by atoms with Gasteiger partial charge in [0.1, 0.15) is 5.82 Å². The second-order valence-electron chi connectivity index (χ2n) is 5.46. The Morgan fingerprint density at radius 3 is 2.70 bits per heavy atom. The Kier molecular flexibility index (Phi) is 4.48. The number of aryl methyl sites for hydroxylation is 2. The van der Waals surface area contributed by atoms with E-state index in [2.05, 4.69) is 44.6 Å². The van der Waals surface area contributed by atoms with Crippen molar-refractivity contribution in [3.05, 3.63) is 39.9 Å². The third kappa shape index (κ3) is 3.39. The first-order chi connectivity index (χ1) is 9.36. The van der Waals surface area contributed by atoms with Gasteiger partial charge in [-0.25, -0.2) is 9.37 Å². The van der Waals surface area contributed by atoms with Crippen LogP contribution >= 0.6 is 15.9 Å². The van der Waals surface area contributed by atoms with Crippen LogP contribution in [0.4, 0.5) is 16.0 Å². The maximum atomic E-state index is 13.5. The van der Waals surface area contributed by atoms with Crippen molar-refractivity contribution in [2.75, 3.05) is 5.32 Å². The van der Waals surface area contributed by atoms with Crippen LogP contribution in [0, 0.1) is 25.6 Å². The molecule has 0 fully saturated rings. The average molecular weight is 340 g/mol. The molecule has 0 amide bonds. The van der Waals surface area contributed by atoms with Gasteiger partial charge in [-0.1, -0.05) is 13.8 Å². The average Bonchev–Trinajstić information content (AvgIpc) is 2.65. The molecular weight excluding hydrogens is 321 g/mol. The second kappa shape index (κ2) is 5.95. The monoisotopic (exact) mass is 339 g/mol. The van der Waals surface area contributed by atoms with Crippen molar-refractivity contribution in [1.82, 2.24) is 9.55 Å². The van der Waals surface area contributed by atoms with Gasteiger partial charge in [0, 0.05) is 18.4 Å². The quantitative estimate of drug-likeness (QED) is 0.866. The molecule has 0 aliphatic carbocycles. The van der Waals surface area contributed by atoms with Crippen molar-refractivity contribution < 1.29 is 4.39 Å². The first-order valence-corrected chi connectivity index (χ1v) is 7.42. The molecule has 0 saturated carbocycles. The standard InChI is InChI=1S/C15H19BrFN3/c1-9(2)7-20-8-11(4)18-15(20)19-14-6-12(16)13(17)5-10(14)3/h5-6,8-9H,7H2,1-4H3,(H,18,19). The highest BCUT2D eigenvalue weighted by Gasteiger charge is 2.10. The van der Waals surface area contributed by atoms with Crippen LogP contribution in [-0.4, -0.2) is 9.55 Å². The number of benzene rings is 1. The van der Waals surface area contributed by atoms with E-state index in [1.54, 1.807) is 6.07 Å². The van der Waals surface area contributed by atoms with Gasteiger partial charge in [0.15, 0.2) is 0 Å². The first-order valence-electron chi connectivity index (χ1n) is 6.63. The van der Waals surface area contributed by atoms with Crippen molar-refractivity contribution in [1.29, 1.82) is 0 Å². The molecule has 0 radical (unpaired) electrons. The predicted molar refractivity (Wildman–Crippen MR) is 83.9 cm³/mol. The summed E-state index contributed by atoms with van der Waals surface area (Å²) < 4.78 is 16.0. The fourth-order valence-corrected chi connectivity index (χ4v) is 2.42.